The van der Waals surface area contributed by atoms with Crippen molar-refractivity contribution in [3.05, 3.63) is 22.4 Å². The van der Waals surface area contributed by atoms with E-state index in [9.17, 15) is 4.79 Å². The van der Waals surface area contributed by atoms with Gasteiger partial charge in [0.1, 0.15) is 0 Å². The largest absolute Gasteiger partial charge is 0.336 e. The van der Waals surface area contributed by atoms with Crippen molar-refractivity contribution in [1.29, 1.82) is 0 Å². The number of nitrogens with zero attached hydrogens (tertiary/aromatic N) is 1. The lowest BCUT2D eigenvalue weighted by molar-refractivity contribution is -0.133. The minimum atomic E-state index is -0.389. The van der Waals surface area contributed by atoms with Crippen molar-refractivity contribution in [2.75, 3.05) is 6.54 Å². The maximum atomic E-state index is 12.0. The SMILES string of the molecule is CCN(Cc1cccs1)C(=O)C(N)C(C)C. The zero-order valence-corrected chi connectivity index (χ0v) is 11.0. The van der Waals surface area contributed by atoms with E-state index >= 15 is 0 Å². The molecule has 16 heavy (non-hydrogen) atoms. The van der Waals surface area contributed by atoms with E-state index in [4.69, 9.17) is 5.73 Å². The molecule has 2 N–H and O–H groups in total. The summed E-state index contributed by atoms with van der Waals surface area (Å²) in [6.45, 7) is 7.31. The van der Waals surface area contributed by atoms with Crippen LogP contribution in [0.15, 0.2) is 17.5 Å². The first-order chi connectivity index (χ1) is 7.56. The molecule has 1 atom stereocenters. The van der Waals surface area contributed by atoms with Gasteiger partial charge in [-0.15, -0.1) is 11.3 Å². The van der Waals surface area contributed by atoms with Crippen molar-refractivity contribution in [2.45, 2.75) is 33.4 Å². The number of hydrogen-bond acceptors (Lipinski definition) is 3. The fourth-order valence-electron chi connectivity index (χ4n) is 1.43. The third kappa shape index (κ3) is 3.32. The normalized spacial score (nSPS) is 12.8. The van der Waals surface area contributed by atoms with Gasteiger partial charge < -0.3 is 10.6 Å². The molecule has 0 spiro atoms. The van der Waals surface area contributed by atoms with Crippen molar-refractivity contribution in [1.82, 2.24) is 4.90 Å². The molecule has 90 valence electrons. The lowest BCUT2D eigenvalue weighted by Crippen LogP contribution is -2.46. The van der Waals surface area contributed by atoms with Crippen LogP contribution in [-0.4, -0.2) is 23.4 Å². The lowest BCUT2D eigenvalue weighted by Gasteiger charge is -2.25. The van der Waals surface area contributed by atoms with E-state index in [0.717, 1.165) is 0 Å². The number of thiophene rings is 1. The molecule has 0 bridgehead atoms. The van der Waals surface area contributed by atoms with E-state index in [1.54, 1.807) is 11.3 Å². The Labute approximate surface area is 101 Å². The fraction of sp³-hybridized carbons (Fsp3) is 0.583. The Balaban J connectivity index is 2.64. The molecular formula is C12H20N2OS. The molecule has 1 aromatic heterocycles. The van der Waals surface area contributed by atoms with Crippen molar-refractivity contribution < 1.29 is 4.79 Å². The van der Waals surface area contributed by atoms with Crippen LogP contribution in [0.25, 0.3) is 0 Å². The average molecular weight is 240 g/mol. The summed E-state index contributed by atoms with van der Waals surface area (Å²) in [4.78, 5) is 15.1. The van der Waals surface area contributed by atoms with Crippen LogP contribution >= 0.6 is 11.3 Å². The van der Waals surface area contributed by atoms with Gasteiger partial charge in [0.15, 0.2) is 0 Å². The second-order valence-electron chi connectivity index (χ2n) is 4.20. The summed E-state index contributed by atoms with van der Waals surface area (Å²) < 4.78 is 0. The minimum Gasteiger partial charge on any atom is -0.336 e. The Morgan fingerprint density at radius 3 is 2.69 bits per heavy atom. The highest BCUT2D eigenvalue weighted by Crippen LogP contribution is 2.13. The van der Waals surface area contributed by atoms with Gasteiger partial charge in [0.25, 0.3) is 0 Å². The summed E-state index contributed by atoms with van der Waals surface area (Å²) in [5.74, 6) is 0.232. The second kappa shape index (κ2) is 6.01. The number of hydrogen-bond donors (Lipinski definition) is 1. The summed E-state index contributed by atoms with van der Waals surface area (Å²) in [6.07, 6.45) is 0. The van der Waals surface area contributed by atoms with Gasteiger partial charge in [-0.2, -0.15) is 0 Å². The Morgan fingerprint density at radius 1 is 1.56 bits per heavy atom. The van der Waals surface area contributed by atoms with Crippen LogP contribution in [0.2, 0.25) is 0 Å². The monoisotopic (exact) mass is 240 g/mol. The van der Waals surface area contributed by atoms with Crippen LogP contribution in [-0.2, 0) is 11.3 Å². The summed E-state index contributed by atoms with van der Waals surface area (Å²) in [5.41, 5.74) is 5.88. The van der Waals surface area contributed by atoms with Crippen LogP contribution in [0.3, 0.4) is 0 Å². The Morgan fingerprint density at radius 2 is 2.25 bits per heavy atom. The third-order valence-corrected chi connectivity index (χ3v) is 3.48. The van der Waals surface area contributed by atoms with Gasteiger partial charge in [0.05, 0.1) is 12.6 Å². The van der Waals surface area contributed by atoms with E-state index in [-0.39, 0.29) is 17.9 Å². The zero-order valence-electron chi connectivity index (χ0n) is 10.1. The van der Waals surface area contributed by atoms with Gasteiger partial charge >= 0.3 is 0 Å². The standard InChI is InChI=1S/C12H20N2OS/c1-4-14(8-10-6-5-7-16-10)12(15)11(13)9(2)3/h5-7,9,11H,4,8,13H2,1-3H3. The zero-order chi connectivity index (χ0) is 12.1. The Bertz CT molecular complexity index is 322. The lowest BCUT2D eigenvalue weighted by atomic mass is 10.0. The van der Waals surface area contributed by atoms with Gasteiger partial charge in [-0.3, -0.25) is 4.79 Å². The molecule has 3 nitrogen and oxygen atoms in total. The van der Waals surface area contributed by atoms with E-state index in [0.29, 0.717) is 13.1 Å². The summed E-state index contributed by atoms with van der Waals surface area (Å²) >= 11 is 1.67. The molecular weight excluding hydrogens is 220 g/mol. The second-order valence-corrected chi connectivity index (χ2v) is 5.23. The van der Waals surface area contributed by atoms with E-state index in [1.807, 2.05) is 43.2 Å². The summed E-state index contributed by atoms with van der Waals surface area (Å²) in [5, 5.41) is 2.02. The molecule has 1 unspecified atom stereocenters. The molecule has 0 saturated carbocycles. The van der Waals surface area contributed by atoms with Crippen molar-refractivity contribution >= 4 is 17.2 Å². The number of rotatable bonds is 5. The number of carbonyl (C=O) groups excluding carboxylic acids is 1. The number of nitrogens with two attached hydrogens (primary N) is 1. The van der Waals surface area contributed by atoms with Crippen LogP contribution in [0.1, 0.15) is 25.6 Å². The topological polar surface area (TPSA) is 46.3 Å². The smallest absolute Gasteiger partial charge is 0.240 e. The highest BCUT2D eigenvalue weighted by atomic mass is 32.1. The maximum Gasteiger partial charge on any atom is 0.240 e. The molecule has 4 heteroatoms. The van der Waals surface area contributed by atoms with Crippen LogP contribution in [0.5, 0.6) is 0 Å². The first-order valence-corrected chi connectivity index (χ1v) is 6.51. The molecule has 1 aromatic rings. The average Bonchev–Trinajstić information content (AvgIpc) is 2.76. The maximum absolute atomic E-state index is 12.0. The number of likely N-dealkylation sites (N-methyl/N-ethyl adjacent to an activating group) is 1. The third-order valence-electron chi connectivity index (χ3n) is 2.62. The predicted molar refractivity (Wildman–Crippen MR) is 68.2 cm³/mol. The van der Waals surface area contributed by atoms with Gasteiger partial charge in [0, 0.05) is 11.4 Å². The number of carbonyl (C=O) groups is 1. The van der Waals surface area contributed by atoms with E-state index in [2.05, 4.69) is 0 Å². The molecule has 1 amide bonds. The fourth-order valence-corrected chi connectivity index (χ4v) is 2.15. The van der Waals surface area contributed by atoms with Gasteiger partial charge in [-0.25, -0.2) is 0 Å². The molecule has 0 aliphatic heterocycles. The van der Waals surface area contributed by atoms with Gasteiger partial charge in [-0.05, 0) is 24.3 Å². The quantitative estimate of drug-likeness (QED) is 0.856. The molecule has 0 aromatic carbocycles. The van der Waals surface area contributed by atoms with E-state index < -0.39 is 0 Å². The molecule has 0 radical (unpaired) electrons. The Kier molecular flexibility index (Phi) is 4.96. The molecule has 1 heterocycles. The molecule has 0 aliphatic carbocycles. The van der Waals surface area contributed by atoms with Gasteiger partial charge in [-0.1, -0.05) is 19.9 Å². The molecule has 0 fully saturated rings. The Hall–Kier alpha value is -0.870. The first kappa shape index (κ1) is 13.2. The number of amides is 1. The molecule has 0 saturated heterocycles. The van der Waals surface area contributed by atoms with Crippen LogP contribution in [0, 0.1) is 5.92 Å². The van der Waals surface area contributed by atoms with Crippen LogP contribution in [0.4, 0.5) is 0 Å². The minimum absolute atomic E-state index is 0.0471. The first-order valence-electron chi connectivity index (χ1n) is 5.63. The van der Waals surface area contributed by atoms with Crippen molar-refractivity contribution in [3.8, 4) is 0 Å². The molecule has 1 rings (SSSR count). The predicted octanol–water partition coefficient (Wildman–Crippen LogP) is 2.08. The van der Waals surface area contributed by atoms with Crippen molar-refractivity contribution in [3.63, 3.8) is 0 Å². The summed E-state index contributed by atoms with van der Waals surface area (Å²) in [7, 11) is 0. The molecule has 0 aliphatic rings. The van der Waals surface area contributed by atoms with E-state index in [1.165, 1.54) is 4.88 Å². The summed E-state index contributed by atoms with van der Waals surface area (Å²) in [6, 6.07) is 3.65. The highest BCUT2D eigenvalue weighted by Gasteiger charge is 2.22. The van der Waals surface area contributed by atoms with Crippen molar-refractivity contribution in [2.24, 2.45) is 11.7 Å². The van der Waals surface area contributed by atoms with Crippen LogP contribution < -0.4 is 5.73 Å². The van der Waals surface area contributed by atoms with Gasteiger partial charge in [0.2, 0.25) is 5.91 Å². The highest BCUT2D eigenvalue weighted by molar-refractivity contribution is 7.09.